The Morgan fingerprint density at radius 2 is 2.25 bits per heavy atom. The van der Waals surface area contributed by atoms with E-state index < -0.39 is 0 Å². The Bertz CT molecular complexity index is 448. The molecule has 0 saturated carbocycles. The first-order valence-electron chi connectivity index (χ1n) is 7.37. The fraction of sp³-hybridized carbons (Fsp3) is 0.562. The van der Waals surface area contributed by atoms with Crippen LogP contribution in [0.25, 0.3) is 0 Å². The van der Waals surface area contributed by atoms with Gasteiger partial charge in [0, 0.05) is 18.2 Å². The van der Waals surface area contributed by atoms with Gasteiger partial charge >= 0.3 is 0 Å². The van der Waals surface area contributed by atoms with Crippen LogP contribution in [0.5, 0.6) is 5.75 Å². The van der Waals surface area contributed by atoms with Crippen molar-refractivity contribution in [2.45, 2.75) is 38.1 Å². The molecule has 0 aliphatic carbocycles. The van der Waals surface area contributed by atoms with Gasteiger partial charge in [0.15, 0.2) is 0 Å². The molecule has 4 nitrogen and oxygen atoms in total. The standard InChI is InChI=1S/C16H24N2O2/c1-20-15-9-3-2-6-13(15)12-16(19)18-11-5-8-14(18)7-4-10-17/h2-3,6,9,14H,4-5,7-8,10-12,17H2,1H3. The first kappa shape index (κ1) is 14.9. The molecule has 0 bridgehead atoms. The van der Waals surface area contributed by atoms with Gasteiger partial charge in [0.05, 0.1) is 13.5 Å². The van der Waals surface area contributed by atoms with Crippen molar-refractivity contribution in [3.05, 3.63) is 29.8 Å². The topological polar surface area (TPSA) is 55.6 Å². The molecule has 1 aliphatic heterocycles. The normalized spacial score (nSPS) is 18.3. The summed E-state index contributed by atoms with van der Waals surface area (Å²) in [6.45, 7) is 1.58. The highest BCUT2D eigenvalue weighted by molar-refractivity contribution is 5.80. The SMILES string of the molecule is COc1ccccc1CC(=O)N1CCCC1CCCN. The molecule has 0 aromatic heterocycles. The van der Waals surface area contributed by atoms with Crippen molar-refractivity contribution in [1.82, 2.24) is 4.90 Å². The summed E-state index contributed by atoms with van der Waals surface area (Å²) in [5.74, 6) is 0.993. The molecule has 2 N–H and O–H groups in total. The maximum absolute atomic E-state index is 12.5. The van der Waals surface area contributed by atoms with E-state index in [9.17, 15) is 4.79 Å². The largest absolute Gasteiger partial charge is 0.496 e. The predicted molar refractivity (Wildman–Crippen MR) is 79.7 cm³/mol. The minimum atomic E-state index is 0.203. The number of nitrogens with two attached hydrogens (primary N) is 1. The number of carbonyl (C=O) groups excluding carboxylic acids is 1. The Labute approximate surface area is 120 Å². The van der Waals surface area contributed by atoms with Gasteiger partial charge in [0.2, 0.25) is 5.91 Å². The lowest BCUT2D eigenvalue weighted by molar-refractivity contribution is -0.131. The minimum absolute atomic E-state index is 0.203. The molecule has 1 amide bonds. The van der Waals surface area contributed by atoms with Gasteiger partial charge in [0.1, 0.15) is 5.75 Å². The zero-order chi connectivity index (χ0) is 14.4. The number of para-hydroxylation sites is 1. The van der Waals surface area contributed by atoms with E-state index in [0.29, 0.717) is 19.0 Å². The van der Waals surface area contributed by atoms with Crippen molar-refractivity contribution in [2.24, 2.45) is 5.73 Å². The summed E-state index contributed by atoms with van der Waals surface area (Å²) >= 11 is 0. The molecule has 2 rings (SSSR count). The molecule has 1 aromatic carbocycles. The van der Waals surface area contributed by atoms with Gasteiger partial charge < -0.3 is 15.4 Å². The minimum Gasteiger partial charge on any atom is -0.496 e. The molecule has 0 radical (unpaired) electrons. The number of ether oxygens (including phenoxy) is 1. The second-order valence-electron chi connectivity index (χ2n) is 5.30. The maximum Gasteiger partial charge on any atom is 0.227 e. The van der Waals surface area contributed by atoms with Crippen molar-refractivity contribution in [3.8, 4) is 5.75 Å². The van der Waals surface area contributed by atoms with Crippen molar-refractivity contribution >= 4 is 5.91 Å². The fourth-order valence-electron chi connectivity index (χ4n) is 2.93. The Hall–Kier alpha value is -1.55. The molecule has 1 aromatic rings. The molecule has 1 aliphatic rings. The summed E-state index contributed by atoms with van der Waals surface area (Å²) in [5.41, 5.74) is 6.53. The molecule has 1 fully saturated rings. The van der Waals surface area contributed by atoms with Crippen LogP contribution in [0.3, 0.4) is 0 Å². The number of methoxy groups -OCH3 is 1. The van der Waals surface area contributed by atoms with Gasteiger partial charge in [-0.25, -0.2) is 0 Å². The third-order valence-electron chi connectivity index (χ3n) is 3.97. The van der Waals surface area contributed by atoms with E-state index in [-0.39, 0.29) is 5.91 Å². The van der Waals surface area contributed by atoms with Gasteiger partial charge in [-0.1, -0.05) is 18.2 Å². The number of hydrogen-bond acceptors (Lipinski definition) is 3. The molecule has 110 valence electrons. The number of carbonyl (C=O) groups is 1. The second kappa shape index (κ2) is 7.29. The molecular weight excluding hydrogens is 252 g/mol. The van der Waals surface area contributed by atoms with E-state index in [1.807, 2.05) is 29.2 Å². The average molecular weight is 276 g/mol. The lowest BCUT2D eigenvalue weighted by Gasteiger charge is -2.25. The molecule has 4 heteroatoms. The number of benzene rings is 1. The molecule has 1 atom stereocenters. The van der Waals surface area contributed by atoms with E-state index in [1.54, 1.807) is 7.11 Å². The van der Waals surface area contributed by atoms with Crippen molar-refractivity contribution in [3.63, 3.8) is 0 Å². The van der Waals surface area contributed by atoms with Gasteiger partial charge in [-0.3, -0.25) is 4.79 Å². The van der Waals surface area contributed by atoms with Gasteiger partial charge in [-0.05, 0) is 38.3 Å². The molecule has 1 unspecified atom stereocenters. The summed E-state index contributed by atoms with van der Waals surface area (Å²) in [6, 6.07) is 8.11. The maximum atomic E-state index is 12.5. The summed E-state index contributed by atoms with van der Waals surface area (Å²) in [6.07, 6.45) is 4.64. The van der Waals surface area contributed by atoms with Crippen LogP contribution in [0.1, 0.15) is 31.2 Å². The number of likely N-dealkylation sites (tertiary alicyclic amines) is 1. The quantitative estimate of drug-likeness (QED) is 0.864. The zero-order valence-electron chi connectivity index (χ0n) is 12.2. The Balaban J connectivity index is 2.00. The highest BCUT2D eigenvalue weighted by Crippen LogP contribution is 2.24. The van der Waals surface area contributed by atoms with Gasteiger partial charge in [-0.15, -0.1) is 0 Å². The smallest absolute Gasteiger partial charge is 0.227 e. The average Bonchev–Trinajstić information content (AvgIpc) is 2.94. The van der Waals surface area contributed by atoms with Crippen LogP contribution in [0, 0.1) is 0 Å². The van der Waals surface area contributed by atoms with Gasteiger partial charge in [-0.2, -0.15) is 0 Å². The van der Waals surface area contributed by atoms with Crippen LogP contribution in [-0.2, 0) is 11.2 Å². The summed E-state index contributed by atoms with van der Waals surface area (Å²) in [7, 11) is 1.64. The molecular formula is C16H24N2O2. The number of rotatable bonds is 6. The van der Waals surface area contributed by atoms with E-state index >= 15 is 0 Å². The van der Waals surface area contributed by atoms with Crippen molar-refractivity contribution < 1.29 is 9.53 Å². The van der Waals surface area contributed by atoms with Gasteiger partial charge in [0.25, 0.3) is 0 Å². The summed E-state index contributed by atoms with van der Waals surface area (Å²) in [5, 5.41) is 0. The fourth-order valence-corrected chi connectivity index (χ4v) is 2.93. The lowest BCUT2D eigenvalue weighted by atomic mass is 10.1. The molecule has 1 heterocycles. The van der Waals surface area contributed by atoms with E-state index in [1.165, 1.54) is 0 Å². The predicted octanol–water partition coefficient (Wildman–Crippen LogP) is 1.97. The summed E-state index contributed by atoms with van der Waals surface area (Å²) < 4.78 is 5.31. The first-order chi connectivity index (χ1) is 9.76. The van der Waals surface area contributed by atoms with Crippen LogP contribution in [0.2, 0.25) is 0 Å². The van der Waals surface area contributed by atoms with Crippen LogP contribution >= 0.6 is 0 Å². The molecule has 20 heavy (non-hydrogen) atoms. The highest BCUT2D eigenvalue weighted by Gasteiger charge is 2.28. The zero-order valence-corrected chi connectivity index (χ0v) is 12.2. The van der Waals surface area contributed by atoms with E-state index in [2.05, 4.69) is 0 Å². The van der Waals surface area contributed by atoms with Crippen LogP contribution in [0.15, 0.2) is 24.3 Å². The number of nitrogens with zero attached hydrogens (tertiary/aromatic N) is 1. The van der Waals surface area contributed by atoms with Crippen LogP contribution in [0.4, 0.5) is 0 Å². The number of amides is 1. The Morgan fingerprint density at radius 3 is 3.00 bits per heavy atom. The number of hydrogen-bond donors (Lipinski definition) is 1. The van der Waals surface area contributed by atoms with Crippen LogP contribution in [-0.4, -0.2) is 37.0 Å². The van der Waals surface area contributed by atoms with E-state index in [0.717, 1.165) is 43.5 Å². The highest BCUT2D eigenvalue weighted by atomic mass is 16.5. The third kappa shape index (κ3) is 3.51. The Kier molecular flexibility index (Phi) is 5.41. The summed E-state index contributed by atoms with van der Waals surface area (Å²) in [4.78, 5) is 14.5. The van der Waals surface area contributed by atoms with Crippen molar-refractivity contribution in [1.29, 1.82) is 0 Å². The monoisotopic (exact) mass is 276 g/mol. The lowest BCUT2D eigenvalue weighted by Crippen LogP contribution is -2.36. The third-order valence-corrected chi connectivity index (χ3v) is 3.97. The van der Waals surface area contributed by atoms with Crippen LogP contribution < -0.4 is 10.5 Å². The van der Waals surface area contributed by atoms with Crippen molar-refractivity contribution in [2.75, 3.05) is 20.2 Å². The second-order valence-corrected chi connectivity index (χ2v) is 5.30. The first-order valence-corrected chi connectivity index (χ1v) is 7.37. The Morgan fingerprint density at radius 1 is 1.45 bits per heavy atom. The van der Waals surface area contributed by atoms with E-state index in [4.69, 9.17) is 10.5 Å². The molecule has 1 saturated heterocycles. The molecule has 0 spiro atoms.